The highest BCUT2D eigenvalue weighted by Gasteiger charge is 2.29. The number of aromatic amines is 1. The monoisotopic (exact) mass is 366 g/mol. The van der Waals surface area contributed by atoms with Crippen molar-refractivity contribution < 1.29 is 13.9 Å². The van der Waals surface area contributed by atoms with Crippen LogP contribution in [0.4, 0.5) is 4.39 Å². The summed E-state index contributed by atoms with van der Waals surface area (Å²) < 4.78 is 19.0. The molecule has 2 heterocycles. The fourth-order valence-corrected chi connectivity index (χ4v) is 3.48. The van der Waals surface area contributed by atoms with E-state index in [0.717, 1.165) is 18.4 Å². The van der Waals surface area contributed by atoms with Gasteiger partial charge in [-0.25, -0.2) is 4.39 Å². The number of fused-ring (bicyclic) bond motifs is 1. The van der Waals surface area contributed by atoms with Gasteiger partial charge in [0.1, 0.15) is 11.4 Å². The second-order valence-corrected chi connectivity index (χ2v) is 6.63. The Hall–Kier alpha value is -2.99. The Morgan fingerprint density at radius 3 is 2.70 bits per heavy atom. The van der Waals surface area contributed by atoms with Crippen molar-refractivity contribution in [2.24, 2.45) is 0 Å². The lowest BCUT2D eigenvalue weighted by atomic mass is 9.98. The van der Waals surface area contributed by atoms with E-state index < -0.39 is 11.9 Å². The molecule has 138 valence electrons. The molecule has 1 aliphatic rings. The summed E-state index contributed by atoms with van der Waals surface area (Å²) in [5.74, 6) is -0.825. The third kappa shape index (κ3) is 3.48. The predicted octanol–water partition coefficient (Wildman–Crippen LogP) is 3.32. The Balaban J connectivity index is 1.66. The molecule has 2 N–H and O–H groups in total. The van der Waals surface area contributed by atoms with Gasteiger partial charge in [-0.1, -0.05) is 24.3 Å². The lowest BCUT2D eigenvalue weighted by Crippen LogP contribution is -2.38. The molecule has 0 spiro atoms. The summed E-state index contributed by atoms with van der Waals surface area (Å²) in [4.78, 5) is 28.5. The van der Waals surface area contributed by atoms with E-state index in [1.807, 2.05) is 6.07 Å². The van der Waals surface area contributed by atoms with Crippen LogP contribution in [0.2, 0.25) is 0 Å². The Morgan fingerprint density at radius 1 is 1.19 bits per heavy atom. The second-order valence-electron chi connectivity index (χ2n) is 6.63. The number of carbonyl (C=O) groups is 1. The van der Waals surface area contributed by atoms with Gasteiger partial charge in [-0.05, 0) is 42.7 Å². The summed E-state index contributed by atoms with van der Waals surface area (Å²) in [5, 5.41) is 3.37. The number of aromatic nitrogens is 1. The smallest absolute Gasteiger partial charge is 0.257 e. The maximum Gasteiger partial charge on any atom is 0.257 e. The number of benzene rings is 2. The first-order valence-corrected chi connectivity index (χ1v) is 8.92. The number of H-pyrrole nitrogens is 1. The molecule has 4 rings (SSSR count). The molecule has 0 aliphatic carbocycles. The minimum atomic E-state index is -0.480. The maximum absolute atomic E-state index is 13.3. The Labute approximate surface area is 155 Å². The molecule has 2 aromatic carbocycles. The van der Waals surface area contributed by atoms with Crippen LogP contribution in [0.15, 0.2) is 59.5 Å². The van der Waals surface area contributed by atoms with Gasteiger partial charge in [0.15, 0.2) is 0 Å². The topological polar surface area (TPSA) is 71.2 Å². The first-order chi connectivity index (χ1) is 13.1. The number of carbonyl (C=O) groups excluding carboxylic acids is 1. The highest BCUT2D eigenvalue weighted by molar-refractivity contribution is 5.97. The molecule has 0 bridgehead atoms. The summed E-state index contributed by atoms with van der Waals surface area (Å²) >= 11 is 0. The highest BCUT2D eigenvalue weighted by Crippen LogP contribution is 2.27. The van der Waals surface area contributed by atoms with Crippen LogP contribution < -0.4 is 10.7 Å². The average molecular weight is 366 g/mol. The molecule has 0 unspecified atom stereocenters. The van der Waals surface area contributed by atoms with Gasteiger partial charge in [0.05, 0.1) is 12.1 Å². The van der Waals surface area contributed by atoms with Crippen molar-refractivity contribution >= 4 is 16.8 Å². The van der Waals surface area contributed by atoms with E-state index in [-0.39, 0.29) is 22.9 Å². The van der Waals surface area contributed by atoms with Gasteiger partial charge >= 0.3 is 0 Å². The van der Waals surface area contributed by atoms with E-state index in [1.165, 1.54) is 18.3 Å². The number of ether oxygens (including phenoxy) is 1. The largest absolute Gasteiger partial charge is 0.376 e. The fourth-order valence-electron chi connectivity index (χ4n) is 3.48. The van der Waals surface area contributed by atoms with Gasteiger partial charge in [0.2, 0.25) is 5.43 Å². The molecule has 0 radical (unpaired) electrons. The number of hydrogen-bond acceptors (Lipinski definition) is 3. The van der Waals surface area contributed by atoms with Crippen LogP contribution in [0.25, 0.3) is 10.9 Å². The van der Waals surface area contributed by atoms with Gasteiger partial charge in [0, 0.05) is 23.7 Å². The molecule has 1 saturated heterocycles. The number of amides is 1. The maximum atomic E-state index is 13.3. The molecule has 2 atom stereocenters. The molecule has 6 heteroatoms. The van der Waals surface area contributed by atoms with Crippen LogP contribution in [0.1, 0.15) is 34.8 Å². The zero-order valence-electron chi connectivity index (χ0n) is 14.6. The summed E-state index contributed by atoms with van der Waals surface area (Å²) in [7, 11) is 0. The molecular formula is C21H19FN2O3. The predicted molar refractivity (Wildman–Crippen MR) is 100 cm³/mol. The summed E-state index contributed by atoms with van der Waals surface area (Å²) in [6.07, 6.45) is 2.90. The zero-order valence-corrected chi connectivity index (χ0v) is 14.6. The first kappa shape index (κ1) is 17.4. The van der Waals surface area contributed by atoms with E-state index in [4.69, 9.17) is 4.74 Å². The van der Waals surface area contributed by atoms with Crippen LogP contribution in [0.3, 0.4) is 0 Å². The van der Waals surface area contributed by atoms with Crippen molar-refractivity contribution in [1.29, 1.82) is 0 Å². The zero-order chi connectivity index (χ0) is 18.8. The van der Waals surface area contributed by atoms with Gasteiger partial charge in [0.25, 0.3) is 5.91 Å². The van der Waals surface area contributed by atoms with Crippen molar-refractivity contribution in [2.45, 2.75) is 25.0 Å². The van der Waals surface area contributed by atoms with Crippen LogP contribution in [-0.2, 0) is 4.74 Å². The fraction of sp³-hybridized carbons (Fsp3) is 0.238. The van der Waals surface area contributed by atoms with E-state index >= 15 is 0 Å². The van der Waals surface area contributed by atoms with E-state index in [0.29, 0.717) is 17.5 Å². The molecule has 1 fully saturated rings. The number of hydrogen-bond donors (Lipinski definition) is 2. The highest BCUT2D eigenvalue weighted by atomic mass is 19.1. The van der Waals surface area contributed by atoms with Gasteiger partial charge in [-0.3, -0.25) is 9.59 Å². The number of para-hydroxylation sites is 1. The van der Waals surface area contributed by atoms with Crippen LogP contribution >= 0.6 is 0 Å². The molecule has 0 saturated carbocycles. The molecule has 1 aliphatic heterocycles. The lowest BCUT2D eigenvalue weighted by Gasteiger charge is -2.24. The number of halogens is 1. The third-order valence-corrected chi connectivity index (χ3v) is 4.89. The van der Waals surface area contributed by atoms with Crippen molar-refractivity contribution in [2.75, 3.05) is 6.61 Å². The van der Waals surface area contributed by atoms with E-state index in [1.54, 1.807) is 30.3 Å². The van der Waals surface area contributed by atoms with Crippen LogP contribution in [-0.4, -0.2) is 23.6 Å². The molecule has 1 aromatic heterocycles. The van der Waals surface area contributed by atoms with Gasteiger partial charge < -0.3 is 15.0 Å². The van der Waals surface area contributed by atoms with Crippen molar-refractivity contribution in [3.8, 4) is 0 Å². The minimum absolute atomic E-state index is 0.0406. The SMILES string of the molecule is O=C(N[C@H](c1ccc(F)cc1)[C@H]1CCCO1)c1c[nH]c2ccccc2c1=O. The third-order valence-electron chi connectivity index (χ3n) is 4.89. The molecule has 3 aromatic rings. The molecule has 5 nitrogen and oxygen atoms in total. The average Bonchev–Trinajstić information content (AvgIpc) is 3.22. The number of rotatable bonds is 4. The summed E-state index contributed by atoms with van der Waals surface area (Å²) in [6, 6.07) is 12.6. The quantitative estimate of drug-likeness (QED) is 0.744. The van der Waals surface area contributed by atoms with Gasteiger partial charge in [-0.2, -0.15) is 0 Å². The summed E-state index contributed by atoms with van der Waals surface area (Å²) in [5.41, 5.74) is 1.13. The lowest BCUT2D eigenvalue weighted by molar-refractivity contribution is 0.0671. The van der Waals surface area contributed by atoms with Crippen LogP contribution in [0.5, 0.6) is 0 Å². The van der Waals surface area contributed by atoms with Crippen molar-refractivity contribution in [3.63, 3.8) is 0 Å². The van der Waals surface area contributed by atoms with Crippen LogP contribution in [0, 0.1) is 5.82 Å². The Morgan fingerprint density at radius 2 is 1.96 bits per heavy atom. The summed E-state index contributed by atoms with van der Waals surface area (Å²) in [6.45, 7) is 0.620. The van der Waals surface area contributed by atoms with Crippen molar-refractivity contribution in [1.82, 2.24) is 10.3 Å². The first-order valence-electron chi connectivity index (χ1n) is 8.92. The molecule has 1 amide bonds. The van der Waals surface area contributed by atoms with E-state index in [9.17, 15) is 14.0 Å². The second kappa shape index (κ2) is 7.32. The van der Waals surface area contributed by atoms with Crippen molar-refractivity contribution in [3.05, 3.63) is 81.9 Å². The normalized spacial score (nSPS) is 17.7. The number of nitrogens with one attached hydrogen (secondary N) is 2. The Kier molecular flexibility index (Phi) is 4.73. The van der Waals surface area contributed by atoms with Gasteiger partial charge in [-0.15, -0.1) is 0 Å². The molecular weight excluding hydrogens is 347 g/mol. The molecule has 27 heavy (non-hydrogen) atoms. The van der Waals surface area contributed by atoms with E-state index in [2.05, 4.69) is 10.3 Å². The Bertz CT molecular complexity index is 1020. The number of pyridine rings is 1. The minimum Gasteiger partial charge on any atom is -0.376 e. The standard InChI is InChI=1S/C21H19FN2O3/c22-14-9-7-13(8-10-14)19(18-6-3-11-27-18)24-21(26)16-12-23-17-5-2-1-4-15(17)20(16)25/h1-2,4-5,7-10,12,18-19H,3,6,11H2,(H,23,25)(H,24,26)/t18-,19-/m1/s1.